The van der Waals surface area contributed by atoms with Crippen molar-refractivity contribution in [3.05, 3.63) is 53.6 Å². The molecule has 0 unspecified atom stereocenters. The molecule has 3 rings (SSSR count). The Bertz CT molecular complexity index is 749. The first-order chi connectivity index (χ1) is 11.0. The fourth-order valence-corrected chi connectivity index (χ4v) is 2.55. The molecular formula is C17H16F2N2O2. The first-order valence-electron chi connectivity index (χ1n) is 7.31. The lowest BCUT2D eigenvalue weighted by Gasteiger charge is -2.17. The topological polar surface area (TPSA) is 55.6 Å². The van der Waals surface area contributed by atoms with Gasteiger partial charge in [0.2, 0.25) is 5.91 Å². The smallest absolute Gasteiger partial charge is 0.227 e. The first kappa shape index (κ1) is 15.3. The monoisotopic (exact) mass is 318 g/mol. The Kier molecular flexibility index (Phi) is 4.14. The van der Waals surface area contributed by atoms with Gasteiger partial charge < -0.3 is 15.4 Å². The largest absolute Gasteiger partial charge is 0.487 e. The average molecular weight is 318 g/mol. The van der Waals surface area contributed by atoms with Crippen molar-refractivity contribution in [2.45, 2.75) is 19.4 Å². The van der Waals surface area contributed by atoms with E-state index in [1.54, 1.807) is 23.1 Å². The molecule has 0 bridgehead atoms. The number of rotatable bonds is 4. The summed E-state index contributed by atoms with van der Waals surface area (Å²) >= 11 is 0. The summed E-state index contributed by atoms with van der Waals surface area (Å²) in [6.07, 6.45) is 1.39. The Morgan fingerprint density at radius 1 is 1.13 bits per heavy atom. The minimum absolute atomic E-state index is 0.0728. The predicted octanol–water partition coefficient (Wildman–Crippen LogP) is 3.25. The van der Waals surface area contributed by atoms with Crippen LogP contribution in [0.1, 0.15) is 18.4 Å². The molecular weight excluding hydrogens is 302 g/mol. The van der Waals surface area contributed by atoms with E-state index in [2.05, 4.69) is 0 Å². The normalized spacial score (nSPS) is 14.3. The summed E-state index contributed by atoms with van der Waals surface area (Å²) in [7, 11) is 0. The van der Waals surface area contributed by atoms with Gasteiger partial charge in [0.1, 0.15) is 12.4 Å². The molecule has 2 N–H and O–H groups in total. The van der Waals surface area contributed by atoms with Crippen molar-refractivity contribution in [1.82, 2.24) is 0 Å². The lowest BCUT2D eigenvalue weighted by atomic mass is 10.2. The molecule has 1 aliphatic rings. The van der Waals surface area contributed by atoms with Crippen molar-refractivity contribution in [2.24, 2.45) is 0 Å². The summed E-state index contributed by atoms with van der Waals surface area (Å²) in [4.78, 5) is 13.4. The second-order valence-corrected chi connectivity index (χ2v) is 5.41. The molecule has 1 aliphatic heterocycles. The van der Waals surface area contributed by atoms with Crippen molar-refractivity contribution in [1.29, 1.82) is 0 Å². The van der Waals surface area contributed by atoms with Crippen molar-refractivity contribution < 1.29 is 18.3 Å². The number of nitrogen functional groups attached to an aromatic ring is 1. The van der Waals surface area contributed by atoms with Crippen LogP contribution < -0.4 is 15.4 Å². The minimum atomic E-state index is -0.915. The number of benzene rings is 2. The molecule has 1 saturated heterocycles. The summed E-state index contributed by atoms with van der Waals surface area (Å²) in [5, 5.41) is 0. The van der Waals surface area contributed by atoms with Crippen LogP contribution in [0.2, 0.25) is 0 Å². The highest BCUT2D eigenvalue weighted by Crippen LogP contribution is 2.30. The minimum Gasteiger partial charge on any atom is -0.487 e. The van der Waals surface area contributed by atoms with Crippen LogP contribution >= 0.6 is 0 Å². The number of hydrogen-bond acceptors (Lipinski definition) is 3. The van der Waals surface area contributed by atoms with E-state index in [0.29, 0.717) is 30.0 Å². The van der Waals surface area contributed by atoms with Crippen LogP contribution in [0.25, 0.3) is 0 Å². The van der Waals surface area contributed by atoms with Crippen LogP contribution in [0.15, 0.2) is 36.4 Å². The Balaban J connectivity index is 1.71. The molecule has 1 heterocycles. The summed E-state index contributed by atoms with van der Waals surface area (Å²) in [6.45, 7) is 0.761. The Labute approximate surface area is 132 Å². The molecule has 0 radical (unpaired) electrons. The zero-order valence-corrected chi connectivity index (χ0v) is 12.4. The molecule has 0 aliphatic carbocycles. The molecule has 0 saturated carbocycles. The van der Waals surface area contributed by atoms with Gasteiger partial charge in [-0.05, 0) is 42.3 Å². The number of anilines is 2. The maximum atomic E-state index is 13.2. The average Bonchev–Trinajstić information content (AvgIpc) is 2.95. The van der Waals surface area contributed by atoms with Crippen molar-refractivity contribution >= 4 is 17.3 Å². The zero-order valence-electron chi connectivity index (χ0n) is 12.4. The Hall–Kier alpha value is -2.63. The molecule has 120 valence electrons. The van der Waals surface area contributed by atoms with Gasteiger partial charge in [0.05, 0.1) is 5.69 Å². The SMILES string of the molecule is Nc1cc(N2CCCC2=O)ccc1OCc1ccc(F)c(F)c1. The standard InChI is InChI=1S/C17H16F2N2O2/c18-13-5-3-11(8-14(13)19)10-23-16-6-4-12(9-15(16)20)21-7-1-2-17(21)22/h3-6,8-9H,1-2,7,10,20H2. The third kappa shape index (κ3) is 3.26. The highest BCUT2D eigenvalue weighted by atomic mass is 19.2. The third-order valence-corrected chi connectivity index (χ3v) is 3.76. The third-order valence-electron chi connectivity index (χ3n) is 3.76. The Morgan fingerprint density at radius 3 is 2.61 bits per heavy atom. The van der Waals surface area contributed by atoms with Gasteiger partial charge in [0, 0.05) is 18.7 Å². The molecule has 2 aromatic carbocycles. The van der Waals surface area contributed by atoms with E-state index < -0.39 is 11.6 Å². The second-order valence-electron chi connectivity index (χ2n) is 5.41. The number of ether oxygens (including phenoxy) is 1. The van der Waals surface area contributed by atoms with Gasteiger partial charge in [-0.1, -0.05) is 6.07 Å². The van der Waals surface area contributed by atoms with Gasteiger partial charge in [-0.15, -0.1) is 0 Å². The molecule has 23 heavy (non-hydrogen) atoms. The van der Waals surface area contributed by atoms with Gasteiger partial charge in [-0.2, -0.15) is 0 Å². The molecule has 0 spiro atoms. The number of nitrogens with two attached hydrogens (primary N) is 1. The van der Waals surface area contributed by atoms with Crippen LogP contribution in [0.5, 0.6) is 5.75 Å². The van der Waals surface area contributed by atoms with Gasteiger partial charge in [-0.25, -0.2) is 8.78 Å². The van der Waals surface area contributed by atoms with E-state index >= 15 is 0 Å². The molecule has 1 fully saturated rings. The maximum Gasteiger partial charge on any atom is 0.227 e. The molecule has 1 amide bonds. The van der Waals surface area contributed by atoms with E-state index in [1.807, 2.05) is 0 Å². The maximum absolute atomic E-state index is 13.2. The predicted molar refractivity (Wildman–Crippen MR) is 83.1 cm³/mol. The molecule has 0 aromatic heterocycles. The highest BCUT2D eigenvalue weighted by Gasteiger charge is 2.22. The van der Waals surface area contributed by atoms with E-state index in [-0.39, 0.29) is 12.5 Å². The van der Waals surface area contributed by atoms with E-state index in [0.717, 1.165) is 24.2 Å². The fraction of sp³-hybridized carbons (Fsp3) is 0.235. The zero-order chi connectivity index (χ0) is 16.4. The van der Waals surface area contributed by atoms with Gasteiger partial charge in [-0.3, -0.25) is 4.79 Å². The van der Waals surface area contributed by atoms with Crippen LogP contribution in [-0.4, -0.2) is 12.5 Å². The second kappa shape index (κ2) is 6.24. The lowest BCUT2D eigenvalue weighted by Crippen LogP contribution is -2.23. The molecule has 2 aromatic rings. The molecule has 6 heteroatoms. The number of carbonyl (C=O) groups excluding carboxylic acids is 1. The van der Waals surface area contributed by atoms with Gasteiger partial charge >= 0.3 is 0 Å². The number of hydrogen-bond donors (Lipinski definition) is 1. The Morgan fingerprint density at radius 2 is 1.96 bits per heavy atom. The first-order valence-corrected chi connectivity index (χ1v) is 7.31. The summed E-state index contributed by atoms with van der Waals surface area (Å²) in [5.74, 6) is -1.29. The molecule has 4 nitrogen and oxygen atoms in total. The van der Waals surface area contributed by atoms with E-state index in [1.165, 1.54) is 6.07 Å². The van der Waals surface area contributed by atoms with Gasteiger partial charge in [0.25, 0.3) is 0 Å². The molecule has 0 atom stereocenters. The number of nitrogens with zero attached hydrogens (tertiary/aromatic N) is 1. The fourth-order valence-electron chi connectivity index (χ4n) is 2.55. The van der Waals surface area contributed by atoms with Crippen LogP contribution in [0, 0.1) is 11.6 Å². The van der Waals surface area contributed by atoms with Crippen LogP contribution in [0.4, 0.5) is 20.2 Å². The van der Waals surface area contributed by atoms with Crippen LogP contribution in [0.3, 0.4) is 0 Å². The summed E-state index contributed by atoms with van der Waals surface area (Å²) < 4.78 is 31.6. The number of halogens is 2. The van der Waals surface area contributed by atoms with E-state index in [4.69, 9.17) is 10.5 Å². The van der Waals surface area contributed by atoms with Crippen molar-refractivity contribution in [3.63, 3.8) is 0 Å². The van der Waals surface area contributed by atoms with E-state index in [9.17, 15) is 13.6 Å². The lowest BCUT2D eigenvalue weighted by molar-refractivity contribution is -0.117. The highest BCUT2D eigenvalue weighted by molar-refractivity contribution is 5.95. The number of amides is 1. The van der Waals surface area contributed by atoms with Crippen molar-refractivity contribution in [2.75, 3.05) is 17.2 Å². The van der Waals surface area contributed by atoms with Crippen LogP contribution in [-0.2, 0) is 11.4 Å². The summed E-state index contributed by atoms with van der Waals surface area (Å²) in [6, 6.07) is 8.72. The van der Waals surface area contributed by atoms with Crippen molar-refractivity contribution in [3.8, 4) is 5.75 Å². The summed E-state index contributed by atoms with van der Waals surface area (Å²) in [5.41, 5.74) is 7.59. The van der Waals surface area contributed by atoms with Gasteiger partial charge in [0.15, 0.2) is 11.6 Å². The number of carbonyl (C=O) groups is 1. The quantitative estimate of drug-likeness (QED) is 0.880.